The van der Waals surface area contributed by atoms with Crippen molar-refractivity contribution < 1.29 is 19.8 Å². The Morgan fingerprint density at radius 3 is 2.56 bits per heavy atom. The van der Waals surface area contributed by atoms with Crippen molar-refractivity contribution in [3.63, 3.8) is 0 Å². The van der Waals surface area contributed by atoms with Crippen molar-refractivity contribution in [2.24, 2.45) is 11.8 Å². The van der Waals surface area contributed by atoms with E-state index in [1.165, 1.54) is 0 Å². The third-order valence-corrected chi connectivity index (χ3v) is 3.03. The van der Waals surface area contributed by atoms with Gasteiger partial charge in [-0.3, -0.25) is 9.59 Å². The van der Waals surface area contributed by atoms with Gasteiger partial charge in [0.25, 0.3) is 0 Å². The molecule has 1 amide bonds. The Labute approximate surface area is 94.8 Å². The first-order valence-electron chi connectivity index (χ1n) is 5.71. The first kappa shape index (κ1) is 13.0. The molecule has 0 bridgehead atoms. The Morgan fingerprint density at radius 2 is 2.00 bits per heavy atom. The van der Waals surface area contributed by atoms with Crippen LogP contribution in [0.3, 0.4) is 0 Å². The molecule has 0 saturated heterocycles. The number of carbonyl (C=O) groups excluding carboxylic acids is 1. The predicted molar refractivity (Wildman–Crippen MR) is 57.8 cm³/mol. The molecule has 5 heteroatoms. The lowest BCUT2D eigenvalue weighted by atomic mass is 9.95. The average Bonchev–Trinajstić information content (AvgIpc) is 2.65. The SMILES string of the molecule is CC(O)CCNC(=O)[C@@H]1CCC[C@@H]1C(=O)O. The van der Waals surface area contributed by atoms with Crippen molar-refractivity contribution in [2.75, 3.05) is 6.54 Å². The zero-order valence-electron chi connectivity index (χ0n) is 9.48. The summed E-state index contributed by atoms with van der Waals surface area (Å²) >= 11 is 0. The summed E-state index contributed by atoms with van der Waals surface area (Å²) in [7, 11) is 0. The van der Waals surface area contributed by atoms with E-state index < -0.39 is 23.9 Å². The number of hydrogen-bond acceptors (Lipinski definition) is 3. The van der Waals surface area contributed by atoms with Gasteiger partial charge >= 0.3 is 5.97 Å². The summed E-state index contributed by atoms with van der Waals surface area (Å²) in [6, 6.07) is 0. The number of carboxylic acids is 1. The lowest BCUT2D eigenvalue weighted by Crippen LogP contribution is -2.36. The molecule has 3 atom stereocenters. The molecular weight excluding hydrogens is 210 g/mol. The van der Waals surface area contributed by atoms with Gasteiger partial charge in [-0.25, -0.2) is 0 Å². The fourth-order valence-corrected chi connectivity index (χ4v) is 2.10. The van der Waals surface area contributed by atoms with Crippen LogP contribution in [-0.4, -0.2) is 34.7 Å². The number of rotatable bonds is 5. The summed E-state index contributed by atoms with van der Waals surface area (Å²) in [5.41, 5.74) is 0. The number of aliphatic hydroxyl groups is 1. The van der Waals surface area contributed by atoms with Crippen molar-refractivity contribution >= 4 is 11.9 Å². The van der Waals surface area contributed by atoms with Crippen molar-refractivity contribution in [1.29, 1.82) is 0 Å². The van der Waals surface area contributed by atoms with Crippen LogP contribution in [0.25, 0.3) is 0 Å². The third kappa shape index (κ3) is 3.48. The number of amides is 1. The highest BCUT2D eigenvalue weighted by atomic mass is 16.4. The second-order valence-electron chi connectivity index (χ2n) is 4.41. The van der Waals surface area contributed by atoms with Gasteiger partial charge < -0.3 is 15.5 Å². The van der Waals surface area contributed by atoms with Gasteiger partial charge in [-0.2, -0.15) is 0 Å². The zero-order chi connectivity index (χ0) is 12.1. The van der Waals surface area contributed by atoms with E-state index in [4.69, 9.17) is 10.2 Å². The molecule has 0 aromatic carbocycles. The molecule has 0 aromatic heterocycles. The van der Waals surface area contributed by atoms with Gasteiger partial charge in [-0.15, -0.1) is 0 Å². The van der Waals surface area contributed by atoms with Crippen molar-refractivity contribution in [1.82, 2.24) is 5.32 Å². The summed E-state index contributed by atoms with van der Waals surface area (Å²) in [6.45, 7) is 2.06. The molecular formula is C11H19NO4. The minimum absolute atomic E-state index is 0.189. The largest absolute Gasteiger partial charge is 0.481 e. The van der Waals surface area contributed by atoms with E-state index in [2.05, 4.69) is 5.32 Å². The number of carboxylic acid groups (broad SMARTS) is 1. The Kier molecular flexibility index (Phi) is 4.73. The monoisotopic (exact) mass is 229 g/mol. The van der Waals surface area contributed by atoms with Gasteiger partial charge in [0.05, 0.1) is 17.9 Å². The molecule has 5 nitrogen and oxygen atoms in total. The fourth-order valence-electron chi connectivity index (χ4n) is 2.10. The molecule has 16 heavy (non-hydrogen) atoms. The number of hydrogen-bond donors (Lipinski definition) is 3. The predicted octanol–water partition coefficient (Wildman–Crippen LogP) is 0.374. The van der Waals surface area contributed by atoms with Gasteiger partial charge in [0.2, 0.25) is 5.91 Å². The maximum Gasteiger partial charge on any atom is 0.307 e. The minimum atomic E-state index is -0.881. The Balaban J connectivity index is 2.38. The summed E-state index contributed by atoms with van der Waals surface area (Å²) in [5, 5.41) is 20.6. The van der Waals surface area contributed by atoms with Crippen molar-refractivity contribution in [2.45, 2.75) is 38.7 Å². The maximum atomic E-state index is 11.7. The topological polar surface area (TPSA) is 86.6 Å². The highest BCUT2D eigenvalue weighted by Crippen LogP contribution is 2.31. The van der Waals surface area contributed by atoms with Crippen LogP contribution in [0.1, 0.15) is 32.6 Å². The smallest absolute Gasteiger partial charge is 0.307 e. The van der Waals surface area contributed by atoms with Crippen LogP contribution in [-0.2, 0) is 9.59 Å². The summed E-state index contributed by atoms with van der Waals surface area (Å²) in [5.74, 6) is -2.00. The van der Waals surface area contributed by atoms with E-state index in [0.717, 1.165) is 6.42 Å². The maximum absolute atomic E-state index is 11.7. The number of aliphatic hydroxyl groups excluding tert-OH is 1. The number of nitrogens with one attached hydrogen (secondary N) is 1. The van der Waals surface area contributed by atoms with Gasteiger partial charge in [0, 0.05) is 6.54 Å². The van der Waals surface area contributed by atoms with Gasteiger partial charge in [-0.1, -0.05) is 6.42 Å². The number of aliphatic carboxylic acids is 1. The van der Waals surface area contributed by atoms with Crippen LogP contribution in [0.2, 0.25) is 0 Å². The number of carbonyl (C=O) groups is 2. The standard InChI is InChI=1S/C11H19NO4/c1-7(13)5-6-12-10(14)8-3-2-4-9(8)11(15)16/h7-9,13H,2-6H2,1H3,(H,12,14)(H,15,16)/t7?,8-,9+/m1/s1. The van der Waals surface area contributed by atoms with Gasteiger partial charge in [-0.05, 0) is 26.2 Å². The highest BCUT2D eigenvalue weighted by Gasteiger charge is 2.37. The molecule has 1 aliphatic carbocycles. The van der Waals surface area contributed by atoms with Crippen LogP contribution in [0.5, 0.6) is 0 Å². The summed E-state index contributed by atoms with van der Waals surface area (Å²) in [4.78, 5) is 22.6. The Morgan fingerprint density at radius 1 is 1.38 bits per heavy atom. The van der Waals surface area contributed by atoms with Crippen molar-refractivity contribution in [3.8, 4) is 0 Å². The summed E-state index contributed by atoms with van der Waals surface area (Å²) < 4.78 is 0. The summed E-state index contributed by atoms with van der Waals surface area (Å²) in [6.07, 6.45) is 2.09. The first-order valence-corrected chi connectivity index (χ1v) is 5.71. The first-order chi connectivity index (χ1) is 7.52. The Hall–Kier alpha value is -1.10. The van der Waals surface area contributed by atoms with Crippen molar-refractivity contribution in [3.05, 3.63) is 0 Å². The molecule has 0 spiro atoms. The lowest BCUT2D eigenvalue weighted by Gasteiger charge is -2.15. The lowest BCUT2D eigenvalue weighted by molar-refractivity contribution is -0.146. The van der Waals surface area contributed by atoms with Gasteiger partial charge in [0.1, 0.15) is 0 Å². The second kappa shape index (κ2) is 5.84. The molecule has 0 aromatic rings. The molecule has 1 fully saturated rings. The second-order valence-corrected chi connectivity index (χ2v) is 4.41. The quantitative estimate of drug-likeness (QED) is 0.636. The molecule has 1 saturated carbocycles. The molecule has 0 radical (unpaired) electrons. The molecule has 1 rings (SSSR count). The normalized spacial score (nSPS) is 26.4. The molecule has 92 valence electrons. The molecule has 3 N–H and O–H groups in total. The average molecular weight is 229 g/mol. The molecule has 1 unspecified atom stereocenters. The zero-order valence-corrected chi connectivity index (χ0v) is 9.48. The fraction of sp³-hybridized carbons (Fsp3) is 0.818. The Bertz CT molecular complexity index is 265. The van der Waals surface area contributed by atoms with E-state index in [1.807, 2.05) is 0 Å². The van der Waals surface area contributed by atoms with E-state index >= 15 is 0 Å². The van der Waals surface area contributed by atoms with Gasteiger partial charge in [0.15, 0.2) is 0 Å². The highest BCUT2D eigenvalue weighted by molar-refractivity contribution is 5.85. The minimum Gasteiger partial charge on any atom is -0.481 e. The van der Waals surface area contributed by atoms with Crippen LogP contribution < -0.4 is 5.32 Å². The van der Waals surface area contributed by atoms with E-state index in [9.17, 15) is 9.59 Å². The van der Waals surface area contributed by atoms with Crippen LogP contribution >= 0.6 is 0 Å². The van der Waals surface area contributed by atoms with Crippen LogP contribution in [0.15, 0.2) is 0 Å². The third-order valence-electron chi connectivity index (χ3n) is 3.03. The molecule has 0 aliphatic heterocycles. The van der Waals surface area contributed by atoms with Crippen LogP contribution in [0.4, 0.5) is 0 Å². The van der Waals surface area contributed by atoms with E-state index in [1.54, 1.807) is 6.92 Å². The van der Waals surface area contributed by atoms with E-state index in [0.29, 0.717) is 25.8 Å². The van der Waals surface area contributed by atoms with E-state index in [-0.39, 0.29) is 5.91 Å². The molecule has 0 heterocycles. The van der Waals surface area contributed by atoms with Crippen LogP contribution in [0, 0.1) is 11.8 Å². The molecule has 1 aliphatic rings.